The number of carbonyl (C=O) groups is 1. The number of aryl methyl sites for hydroxylation is 1. The van der Waals surface area contributed by atoms with E-state index in [1.807, 2.05) is 60.8 Å². The van der Waals surface area contributed by atoms with E-state index < -0.39 is 0 Å². The van der Waals surface area contributed by atoms with Crippen LogP contribution < -0.4 is 10.1 Å². The van der Waals surface area contributed by atoms with Gasteiger partial charge in [-0.2, -0.15) is 5.10 Å². The number of nitrogens with zero attached hydrogens (tertiary/aromatic N) is 4. The minimum atomic E-state index is -0.256. The van der Waals surface area contributed by atoms with Gasteiger partial charge in [0.2, 0.25) is 0 Å². The van der Waals surface area contributed by atoms with Crippen LogP contribution in [0.1, 0.15) is 21.6 Å². The Hall–Kier alpha value is -3.53. The van der Waals surface area contributed by atoms with Crippen LogP contribution in [-0.2, 0) is 11.3 Å². The van der Waals surface area contributed by atoms with Crippen LogP contribution >= 0.6 is 11.3 Å². The number of hydrogen-bond donors (Lipinski definition) is 1. The van der Waals surface area contributed by atoms with Gasteiger partial charge in [0.15, 0.2) is 5.13 Å². The number of ether oxygens (including phenoxy) is 2. The molecule has 0 atom stereocenters. The van der Waals surface area contributed by atoms with E-state index in [0.29, 0.717) is 22.1 Å². The first-order valence-electron chi connectivity index (χ1n) is 11.5. The van der Waals surface area contributed by atoms with Crippen molar-refractivity contribution in [2.24, 2.45) is 0 Å². The van der Waals surface area contributed by atoms with Crippen LogP contribution in [0.3, 0.4) is 0 Å². The number of aromatic nitrogens is 3. The Balaban J connectivity index is 1.42. The van der Waals surface area contributed by atoms with Gasteiger partial charge >= 0.3 is 0 Å². The van der Waals surface area contributed by atoms with Gasteiger partial charge in [0, 0.05) is 36.8 Å². The molecule has 0 saturated carbocycles. The predicted octanol–water partition coefficient (Wildman–Crippen LogP) is 4.40. The van der Waals surface area contributed by atoms with Gasteiger partial charge < -0.3 is 9.47 Å². The molecule has 1 amide bonds. The van der Waals surface area contributed by atoms with Gasteiger partial charge in [-0.15, -0.1) is 11.3 Å². The van der Waals surface area contributed by atoms with Crippen LogP contribution in [0.15, 0.2) is 60.1 Å². The first-order chi connectivity index (χ1) is 17.1. The summed E-state index contributed by atoms with van der Waals surface area (Å²) in [5.74, 6) is 0.444. The first-order valence-corrected chi connectivity index (χ1v) is 12.3. The van der Waals surface area contributed by atoms with Gasteiger partial charge in [-0.3, -0.25) is 15.0 Å². The number of hydrogen-bond acceptors (Lipinski definition) is 7. The maximum Gasteiger partial charge on any atom is 0.261 e. The van der Waals surface area contributed by atoms with E-state index in [0.717, 1.165) is 55.4 Å². The van der Waals surface area contributed by atoms with E-state index in [2.05, 4.69) is 15.2 Å². The molecule has 1 aliphatic rings. The number of rotatable bonds is 7. The standard InChI is InChI=1S/C26H27N5O3S/c1-18-6-8-21(9-7-18)31-16-23(24(29-31)19-4-3-5-22(14-19)33-2)25(32)28-26-27-20(17-35-26)15-30-10-12-34-13-11-30/h3-9,14,16-17H,10-13,15H2,1-2H3,(H,27,28,32). The molecule has 0 spiro atoms. The monoisotopic (exact) mass is 489 g/mol. The molecule has 35 heavy (non-hydrogen) atoms. The third kappa shape index (κ3) is 5.43. The van der Waals surface area contributed by atoms with E-state index in [-0.39, 0.29) is 5.91 Å². The number of amides is 1. The molecule has 1 fully saturated rings. The summed E-state index contributed by atoms with van der Waals surface area (Å²) in [7, 11) is 1.62. The molecule has 2 aromatic carbocycles. The molecule has 1 aliphatic heterocycles. The van der Waals surface area contributed by atoms with Crippen molar-refractivity contribution in [3.8, 4) is 22.7 Å². The van der Waals surface area contributed by atoms with Crippen LogP contribution in [0.5, 0.6) is 5.75 Å². The van der Waals surface area contributed by atoms with Gasteiger partial charge in [-0.05, 0) is 31.2 Å². The zero-order chi connectivity index (χ0) is 24.2. The highest BCUT2D eigenvalue weighted by molar-refractivity contribution is 7.14. The smallest absolute Gasteiger partial charge is 0.261 e. The van der Waals surface area contributed by atoms with Crippen molar-refractivity contribution in [1.82, 2.24) is 19.7 Å². The Morgan fingerprint density at radius 1 is 1.17 bits per heavy atom. The predicted molar refractivity (Wildman–Crippen MR) is 136 cm³/mol. The molecule has 9 heteroatoms. The third-order valence-corrected chi connectivity index (χ3v) is 6.67. The average Bonchev–Trinajstić information content (AvgIpc) is 3.52. The van der Waals surface area contributed by atoms with E-state index in [4.69, 9.17) is 14.6 Å². The zero-order valence-corrected chi connectivity index (χ0v) is 20.5. The molecule has 5 rings (SSSR count). The second-order valence-corrected chi connectivity index (χ2v) is 9.25. The number of anilines is 1. The fourth-order valence-corrected chi connectivity index (χ4v) is 4.64. The SMILES string of the molecule is COc1cccc(-c2nn(-c3ccc(C)cc3)cc2C(=O)Nc2nc(CN3CCOCC3)cs2)c1. The average molecular weight is 490 g/mol. The second kappa shape index (κ2) is 10.4. The summed E-state index contributed by atoms with van der Waals surface area (Å²) in [5, 5.41) is 10.3. The normalized spacial score (nSPS) is 14.1. The van der Waals surface area contributed by atoms with Crippen LogP contribution in [-0.4, -0.2) is 59.0 Å². The summed E-state index contributed by atoms with van der Waals surface area (Å²) < 4.78 is 12.5. The minimum Gasteiger partial charge on any atom is -0.497 e. The molecule has 1 N–H and O–H groups in total. The van der Waals surface area contributed by atoms with Gasteiger partial charge in [-0.1, -0.05) is 29.8 Å². The van der Waals surface area contributed by atoms with Gasteiger partial charge in [-0.25, -0.2) is 9.67 Å². The van der Waals surface area contributed by atoms with Gasteiger partial charge in [0.05, 0.1) is 37.3 Å². The molecule has 2 aromatic heterocycles. The number of thiazole rings is 1. The molecule has 1 saturated heterocycles. The summed E-state index contributed by atoms with van der Waals surface area (Å²) in [6.07, 6.45) is 1.76. The lowest BCUT2D eigenvalue weighted by Gasteiger charge is -2.25. The number of carbonyl (C=O) groups excluding carboxylic acids is 1. The second-order valence-electron chi connectivity index (χ2n) is 8.39. The Labute approximate surface area is 208 Å². The van der Waals surface area contributed by atoms with Crippen molar-refractivity contribution in [2.75, 3.05) is 38.7 Å². The molecule has 0 radical (unpaired) electrons. The van der Waals surface area contributed by atoms with E-state index in [9.17, 15) is 4.79 Å². The minimum absolute atomic E-state index is 0.256. The fraction of sp³-hybridized carbons (Fsp3) is 0.269. The topological polar surface area (TPSA) is 81.5 Å². The lowest BCUT2D eigenvalue weighted by atomic mass is 10.1. The van der Waals surface area contributed by atoms with Gasteiger partial charge in [0.1, 0.15) is 11.4 Å². The molecule has 0 aliphatic carbocycles. The Kier molecular flexibility index (Phi) is 6.89. The van der Waals surface area contributed by atoms with E-state index >= 15 is 0 Å². The van der Waals surface area contributed by atoms with Gasteiger partial charge in [0.25, 0.3) is 5.91 Å². The molecule has 4 aromatic rings. The summed E-state index contributed by atoms with van der Waals surface area (Å²) in [4.78, 5) is 20.3. The lowest BCUT2D eigenvalue weighted by molar-refractivity contribution is 0.0337. The lowest BCUT2D eigenvalue weighted by Crippen LogP contribution is -2.35. The Morgan fingerprint density at radius 3 is 2.74 bits per heavy atom. The van der Waals surface area contributed by atoms with E-state index in [1.54, 1.807) is 18.0 Å². The van der Waals surface area contributed by atoms with Crippen LogP contribution in [0.25, 0.3) is 16.9 Å². The van der Waals surface area contributed by atoms with Crippen LogP contribution in [0.2, 0.25) is 0 Å². The highest BCUT2D eigenvalue weighted by Crippen LogP contribution is 2.28. The maximum absolute atomic E-state index is 13.4. The number of methoxy groups -OCH3 is 1. The molecule has 3 heterocycles. The van der Waals surface area contributed by atoms with Crippen molar-refractivity contribution >= 4 is 22.4 Å². The Morgan fingerprint density at radius 2 is 1.97 bits per heavy atom. The number of morpholine rings is 1. The molecular weight excluding hydrogens is 462 g/mol. The zero-order valence-electron chi connectivity index (χ0n) is 19.7. The summed E-state index contributed by atoms with van der Waals surface area (Å²) in [6.45, 7) is 6.05. The van der Waals surface area contributed by atoms with Crippen LogP contribution in [0.4, 0.5) is 5.13 Å². The van der Waals surface area contributed by atoms with Crippen molar-refractivity contribution in [3.05, 3.63) is 76.9 Å². The molecular formula is C26H27N5O3S. The summed E-state index contributed by atoms with van der Waals surface area (Å²) in [6, 6.07) is 15.6. The highest BCUT2D eigenvalue weighted by atomic mass is 32.1. The molecule has 0 unspecified atom stereocenters. The van der Waals surface area contributed by atoms with Crippen molar-refractivity contribution in [2.45, 2.75) is 13.5 Å². The molecule has 0 bridgehead atoms. The fourth-order valence-electron chi connectivity index (χ4n) is 3.94. The largest absolute Gasteiger partial charge is 0.497 e. The van der Waals surface area contributed by atoms with Crippen molar-refractivity contribution in [1.29, 1.82) is 0 Å². The van der Waals surface area contributed by atoms with E-state index in [1.165, 1.54) is 11.3 Å². The molecule has 180 valence electrons. The van der Waals surface area contributed by atoms with Crippen molar-refractivity contribution < 1.29 is 14.3 Å². The summed E-state index contributed by atoms with van der Waals surface area (Å²) >= 11 is 1.43. The number of benzene rings is 2. The maximum atomic E-state index is 13.4. The van der Waals surface area contributed by atoms with Crippen molar-refractivity contribution in [3.63, 3.8) is 0 Å². The quantitative estimate of drug-likeness (QED) is 0.415. The number of nitrogens with one attached hydrogen (secondary N) is 1. The summed E-state index contributed by atoms with van der Waals surface area (Å²) in [5.41, 5.74) is 4.81. The highest BCUT2D eigenvalue weighted by Gasteiger charge is 2.21. The molecule has 8 nitrogen and oxygen atoms in total. The third-order valence-electron chi connectivity index (χ3n) is 5.86. The first kappa shape index (κ1) is 23.2. The Bertz CT molecular complexity index is 1310. The van der Waals surface area contributed by atoms with Crippen LogP contribution in [0, 0.1) is 6.92 Å².